The molecule has 0 radical (unpaired) electrons. The van der Waals surface area contributed by atoms with Gasteiger partial charge in [0, 0.05) is 36.8 Å². The highest BCUT2D eigenvalue weighted by molar-refractivity contribution is 6.11. The standard InChI is InChI=1S/C18H19N3O/c1-14(20-9-4-11-21-12-10-19-13-21)18-16-6-3-2-5-15(16)7-8-17(18)22/h2-3,5-8,10,12-13,22H,4,9,11H2,1H3/b20-14+. The summed E-state index contributed by atoms with van der Waals surface area (Å²) in [7, 11) is 0. The summed E-state index contributed by atoms with van der Waals surface area (Å²) in [5.41, 5.74) is 1.71. The lowest BCUT2D eigenvalue weighted by atomic mass is 10.0. The fraction of sp³-hybridized carbons (Fsp3) is 0.222. The van der Waals surface area contributed by atoms with Crippen molar-refractivity contribution in [3.63, 3.8) is 0 Å². The van der Waals surface area contributed by atoms with Gasteiger partial charge in [-0.15, -0.1) is 0 Å². The number of phenolic OH excluding ortho intramolecular Hbond substituents is 1. The first-order valence-electron chi connectivity index (χ1n) is 7.43. The van der Waals surface area contributed by atoms with Crippen LogP contribution in [0.1, 0.15) is 18.9 Å². The second kappa shape index (κ2) is 6.43. The first kappa shape index (κ1) is 14.3. The molecule has 0 bridgehead atoms. The predicted octanol–water partition coefficient (Wildman–Crippen LogP) is 3.64. The molecule has 3 rings (SSSR count). The zero-order chi connectivity index (χ0) is 15.4. The van der Waals surface area contributed by atoms with Gasteiger partial charge in [-0.05, 0) is 30.2 Å². The molecular formula is C18H19N3O. The molecule has 0 saturated carbocycles. The molecule has 0 atom stereocenters. The minimum Gasteiger partial charge on any atom is -0.507 e. The third kappa shape index (κ3) is 3.01. The molecule has 1 N–H and O–H groups in total. The summed E-state index contributed by atoms with van der Waals surface area (Å²) in [6.45, 7) is 3.59. The highest BCUT2D eigenvalue weighted by Crippen LogP contribution is 2.27. The summed E-state index contributed by atoms with van der Waals surface area (Å²) in [6.07, 6.45) is 6.49. The van der Waals surface area contributed by atoms with Crippen LogP contribution >= 0.6 is 0 Å². The van der Waals surface area contributed by atoms with Crippen molar-refractivity contribution in [1.82, 2.24) is 9.55 Å². The van der Waals surface area contributed by atoms with Crippen molar-refractivity contribution in [2.45, 2.75) is 19.9 Å². The van der Waals surface area contributed by atoms with E-state index in [2.05, 4.69) is 9.98 Å². The van der Waals surface area contributed by atoms with Crippen LogP contribution in [0.5, 0.6) is 5.75 Å². The topological polar surface area (TPSA) is 50.4 Å². The number of fused-ring (bicyclic) bond motifs is 1. The molecule has 0 saturated heterocycles. The third-order valence-corrected chi connectivity index (χ3v) is 3.75. The minimum absolute atomic E-state index is 0.287. The van der Waals surface area contributed by atoms with Crippen LogP contribution in [-0.2, 0) is 6.54 Å². The highest BCUT2D eigenvalue weighted by atomic mass is 16.3. The number of rotatable bonds is 5. The molecule has 1 heterocycles. The average Bonchev–Trinajstić information content (AvgIpc) is 3.04. The van der Waals surface area contributed by atoms with Gasteiger partial charge in [0.15, 0.2) is 0 Å². The molecule has 2 aromatic carbocycles. The zero-order valence-corrected chi connectivity index (χ0v) is 12.6. The van der Waals surface area contributed by atoms with Crippen LogP contribution in [0.3, 0.4) is 0 Å². The van der Waals surface area contributed by atoms with Gasteiger partial charge in [0.2, 0.25) is 0 Å². The molecule has 0 spiro atoms. The van der Waals surface area contributed by atoms with Gasteiger partial charge in [-0.2, -0.15) is 0 Å². The van der Waals surface area contributed by atoms with Gasteiger partial charge >= 0.3 is 0 Å². The van der Waals surface area contributed by atoms with E-state index in [0.29, 0.717) is 0 Å². The van der Waals surface area contributed by atoms with E-state index >= 15 is 0 Å². The molecule has 3 aromatic rings. The van der Waals surface area contributed by atoms with E-state index < -0.39 is 0 Å². The lowest BCUT2D eigenvalue weighted by molar-refractivity contribution is 0.475. The van der Waals surface area contributed by atoms with Crippen LogP contribution in [0, 0.1) is 0 Å². The molecule has 4 heteroatoms. The number of aromatic hydroxyl groups is 1. The molecule has 0 fully saturated rings. The first-order chi connectivity index (χ1) is 10.8. The number of aromatic nitrogens is 2. The largest absolute Gasteiger partial charge is 0.507 e. The number of aliphatic imine (C=N–C) groups is 1. The van der Waals surface area contributed by atoms with Gasteiger partial charge < -0.3 is 9.67 Å². The molecule has 0 amide bonds. The number of phenols is 1. The molecule has 4 nitrogen and oxygen atoms in total. The van der Waals surface area contributed by atoms with Crippen LogP contribution in [-0.4, -0.2) is 26.9 Å². The Balaban J connectivity index is 1.77. The van der Waals surface area contributed by atoms with Crippen LogP contribution in [0.15, 0.2) is 60.1 Å². The van der Waals surface area contributed by atoms with Gasteiger partial charge in [-0.25, -0.2) is 4.98 Å². The Bertz CT molecular complexity index is 791. The molecule has 0 aliphatic rings. The van der Waals surface area contributed by atoms with Gasteiger partial charge in [0.05, 0.1) is 6.33 Å². The van der Waals surface area contributed by atoms with E-state index in [1.807, 2.05) is 54.3 Å². The second-order valence-corrected chi connectivity index (χ2v) is 5.30. The summed E-state index contributed by atoms with van der Waals surface area (Å²) in [5.74, 6) is 0.287. The van der Waals surface area contributed by atoms with Crippen molar-refractivity contribution in [1.29, 1.82) is 0 Å². The van der Waals surface area contributed by atoms with Crippen LogP contribution in [0.25, 0.3) is 10.8 Å². The maximum Gasteiger partial charge on any atom is 0.125 e. The van der Waals surface area contributed by atoms with Crippen molar-refractivity contribution in [3.8, 4) is 5.75 Å². The number of aryl methyl sites for hydroxylation is 1. The normalized spacial score (nSPS) is 12.0. The number of imidazole rings is 1. The first-order valence-corrected chi connectivity index (χ1v) is 7.43. The van der Waals surface area contributed by atoms with Crippen LogP contribution < -0.4 is 0 Å². The molecule has 22 heavy (non-hydrogen) atoms. The van der Waals surface area contributed by atoms with Gasteiger partial charge in [-0.3, -0.25) is 4.99 Å². The third-order valence-electron chi connectivity index (χ3n) is 3.75. The summed E-state index contributed by atoms with van der Waals surface area (Å²) >= 11 is 0. The Morgan fingerprint density at radius 2 is 2.09 bits per heavy atom. The fourth-order valence-electron chi connectivity index (χ4n) is 2.64. The minimum atomic E-state index is 0.287. The average molecular weight is 293 g/mol. The Hall–Kier alpha value is -2.62. The number of hydrogen-bond acceptors (Lipinski definition) is 3. The number of hydrogen-bond donors (Lipinski definition) is 1. The molecular weight excluding hydrogens is 274 g/mol. The number of benzene rings is 2. The number of nitrogens with zero attached hydrogens (tertiary/aromatic N) is 3. The quantitative estimate of drug-likeness (QED) is 0.577. The Morgan fingerprint density at radius 1 is 1.23 bits per heavy atom. The van der Waals surface area contributed by atoms with E-state index in [4.69, 9.17) is 0 Å². The Labute approximate surface area is 129 Å². The van der Waals surface area contributed by atoms with Crippen LogP contribution in [0.4, 0.5) is 0 Å². The molecule has 1 aromatic heterocycles. The van der Waals surface area contributed by atoms with E-state index in [-0.39, 0.29) is 5.75 Å². The highest BCUT2D eigenvalue weighted by Gasteiger charge is 2.09. The van der Waals surface area contributed by atoms with Crippen molar-refractivity contribution >= 4 is 16.5 Å². The Kier molecular flexibility index (Phi) is 4.19. The van der Waals surface area contributed by atoms with Gasteiger partial charge in [0.1, 0.15) is 5.75 Å². The van der Waals surface area contributed by atoms with Crippen LogP contribution in [0.2, 0.25) is 0 Å². The van der Waals surface area contributed by atoms with Gasteiger partial charge in [0.25, 0.3) is 0 Å². The smallest absolute Gasteiger partial charge is 0.125 e. The summed E-state index contributed by atoms with van der Waals surface area (Å²) < 4.78 is 2.04. The van der Waals surface area contributed by atoms with E-state index in [1.165, 1.54) is 0 Å². The zero-order valence-electron chi connectivity index (χ0n) is 12.6. The Morgan fingerprint density at radius 3 is 2.91 bits per heavy atom. The van der Waals surface area contributed by atoms with Crippen molar-refractivity contribution in [3.05, 3.63) is 60.7 Å². The maximum atomic E-state index is 10.2. The van der Waals surface area contributed by atoms with E-state index in [1.54, 1.807) is 12.3 Å². The molecule has 0 aliphatic heterocycles. The van der Waals surface area contributed by atoms with Crippen molar-refractivity contribution < 1.29 is 5.11 Å². The fourth-order valence-corrected chi connectivity index (χ4v) is 2.64. The van der Waals surface area contributed by atoms with Gasteiger partial charge in [-0.1, -0.05) is 30.3 Å². The monoisotopic (exact) mass is 293 g/mol. The summed E-state index contributed by atoms with van der Waals surface area (Å²) in [5, 5.41) is 12.3. The predicted molar refractivity (Wildman–Crippen MR) is 89.5 cm³/mol. The second-order valence-electron chi connectivity index (χ2n) is 5.30. The molecule has 0 aliphatic carbocycles. The van der Waals surface area contributed by atoms with E-state index in [0.717, 1.165) is 41.6 Å². The lowest BCUT2D eigenvalue weighted by Gasteiger charge is -2.09. The summed E-state index contributed by atoms with van der Waals surface area (Å²) in [6, 6.07) is 11.7. The SMILES string of the molecule is C/C(=N\CCCn1ccnc1)c1c(O)ccc2ccccc12. The molecule has 112 valence electrons. The van der Waals surface area contributed by atoms with Crippen molar-refractivity contribution in [2.75, 3.05) is 6.54 Å². The van der Waals surface area contributed by atoms with Crippen molar-refractivity contribution in [2.24, 2.45) is 4.99 Å². The summed E-state index contributed by atoms with van der Waals surface area (Å²) in [4.78, 5) is 8.65. The molecule has 0 unspecified atom stereocenters. The maximum absolute atomic E-state index is 10.2. The lowest BCUT2D eigenvalue weighted by Crippen LogP contribution is -2.01. The van der Waals surface area contributed by atoms with E-state index in [9.17, 15) is 5.11 Å².